The number of aromatic amines is 1. The van der Waals surface area contributed by atoms with Gasteiger partial charge in [0.15, 0.2) is 0 Å². The summed E-state index contributed by atoms with van der Waals surface area (Å²) in [7, 11) is 3.12. The van der Waals surface area contributed by atoms with Gasteiger partial charge in [-0.25, -0.2) is 0 Å². The quantitative estimate of drug-likeness (QED) is 0.583. The van der Waals surface area contributed by atoms with Crippen LogP contribution in [0.4, 0.5) is 0 Å². The van der Waals surface area contributed by atoms with Crippen LogP contribution in [0.1, 0.15) is 40.5 Å². The molecule has 35 heavy (non-hydrogen) atoms. The molecular weight excluding hydrogens is 448 g/mol. The molecule has 0 saturated carbocycles. The van der Waals surface area contributed by atoms with Crippen LogP contribution >= 0.6 is 0 Å². The Morgan fingerprint density at radius 1 is 1.23 bits per heavy atom. The Morgan fingerprint density at radius 2 is 2.03 bits per heavy atom. The van der Waals surface area contributed by atoms with Crippen LogP contribution in [0, 0.1) is 0 Å². The lowest BCUT2D eigenvalue weighted by atomic mass is 9.68. The maximum absolute atomic E-state index is 13.1. The zero-order valence-electron chi connectivity index (χ0n) is 20.0. The van der Waals surface area contributed by atoms with Crippen molar-refractivity contribution in [1.82, 2.24) is 19.8 Å². The lowest BCUT2D eigenvalue weighted by Gasteiger charge is -2.50. The van der Waals surface area contributed by atoms with Gasteiger partial charge in [0.2, 0.25) is 5.91 Å². The molecule has 1 aromatic carbocycles. The van der Waals surface area contributed by atoms with Gasteiger partial charge in [-0.1, -0.05) is 0 Å². The minimum absolute atomic E-state index is 0.0341. The van der Waals surface area contributed by atoms with E-state index in [2.05, 4.69) is 9.97 Å². The highest BCUT2D eigenvalue weighted by Crippen LogP contribution is 2.49. The fourth-order valence-electron chi connectivity index (χ4n) is 5.69. The number of fused-ring (bicyclic) bond motifs is 4. The van der Waals surface area contributed by atoms with Crippen LogP contribution in [0.5, 0.6) is 5.75 Å². The average molecular weight is 479 g/mol. The zero-order valence-corrected chi connectivity index (χ0v) is 20.0. The van der Waals surface area contributed by atoms with E-state index in [1.54, 1.807) is 36.5 Å². The summed E-state index contributed by atoms with van der Waals surface area (Å²) in [4.78, 5) is 37.3. The Hall–Kier alpha value is -3.43. The van der Waals surface area contributed by atoms with Crippen molar-refractivity contribution in [3.8, 4) is 5.75 Å². The van der Waals surface area contributed by atoms with Gasteiger partial charge in [0.25, 0.3) is 5.91 Å². The van der Waals surface area contributed by atoms with Crippen LogP contribution in [0.15, 0.2) is 42.7 Å². The molecule has 4 heterocycles. The van der Waals surface area contributed by atoms with E-state index < -0.39 is 6.04 Å². The summed E-state index contributed by atoms with van der Waals surface area (Å²) >= 11 is 0. The smallest absolute Gasteiger partial charge is 0.255 e. The number of aliphatic hydroxyl groups excluding tert-OH is 1. The number of hydrogen-bond donors (Lipinski definition) is 2. The number of likely N-dealkylation sites (tertiary alicyclic amines) is 1. The number of ether oxygens (including phenoxy) is 2. The van der Waals surface area contributed by atoms with E-state index in [1.807, 2.05) is 23.1 Å². The van der Waals surface area contributed by atoms with Crippen molar-refractivity contribution in [3.63, 3.8) is 0 Å². The van der Waals surface area contributed by atoms with E-state index in [0.717, 1.165) is 27.9 Å². The summed E-state index contributed by atoms with van der Waals surface area (Å²) in [5, 5.41) is 11.4. The van der Waals surface area contributed by atoms with Crippen molar-refractivity contribution in [3.05, 3.63) is 59.5 Å². The summed E-state index contributed by atoms with van der Waals surface area (Å²) < 4.78 is 10.6. The van der Waals surface area contributed by atoms with Gasteiger partial charge in [0.05, 0.1) is 25.3 Å². The van der Waals surface area contributed by atoms with Gasteiger partial charge in [0.1, 0.15) is 12.4 Å². The van der Waals surface area contributed by atoms with Gasteiger partial charge >= 0.3 is 0 Å². The Labute approximate surface area is 203 Å². The molecule has 1 atom stereocenters. The largest absolute Gasteiger partial charge is 0.497 e. The van der Waals surface area contributed by atoms with Crippen molar-refractivity contribution in [2.75, 3.05) is 47.1 Å². The molecule has 2 aliphatic heterocycles. The zero-order chi connectivity index (χ0) is 24.6. The molecule has 2 aliphatic rings. The fourth-order valence-corrected chi connectivity index (χ4v) is 5.69. The maximum Gasteiger partial charge on any atom is 0.255 e. The maximum atomic E-state index is 13.1. The molecule has 184 valence electrons. The predicted molar refractivity (Wildman–Crippen MR) is 129 cm³/mol. The average Bonchev–Trinajstić information content (AvgIpc) is 3.29. The summed E-state index contributed by atoms with van der Waals surface area (Å²) in [5.41, 5.74) is 3.09. The fraction of sp³-hybridized carbons (Fsp3) is 0.423. The van der Waals surface area contributed by atoms with E-state index in [4.69, 9.17) is 9.47 Å². The highest BCUT2D eigenvalue weighted by molar-refractivity contribution is 5.94. The molecule has 3 aromatic rings. The number of piperidine rings is 1. The summed E-state index contributed by atoms with van der Waals surface area (Å²) in [5.74, 6) is 0.532. The van der Waals surface area contributed by atoms with Crippen LogP contribution in [-0.4, -0.2) is 83.8 Å². The van der Waals surface area contributed by atoms with E-state index in [0.29, 0.717) is 38.0 Å². The number of methoxy groups -OCH3 is 2. The molecule has 0 unspecified atom stereocenters. The van der Waals surface area contributed by atoms with Crippen LogP contribution in [0.25, 0.3) is 10.9 Å². The van der Waals surface area contributed by atoms with Gasteiger partial charge in [-0.15, -0.1) is 0 Å². The standard InChI is InChI=1S/C26H30N4O5/c1-34-15-22(32)30-16-26(7-10-29(11-8-26)25(33)17-4-3-9-27-13-17)23-19-6-5-18(35-2)12-20(19)28-24(23)21(30)14-31/h3-6,9,12-13,21,28,31H,7-8,10-11,14-16H2,1-2H3/t21-/m0/s1. The van der Waals surface area contributed by atoms with Gasteiger partial charge in [-0.2, -0.15) is 0 Å². The third kappa shape index (κ3) is 3.94. The minimum atomic E-state index is -0.494. The number of nitrogens with zero attached hydrogens (tertiary/aromatic N) is 3. The van der Waals surface area contributed by atoms with Crippen LogP contribution in [0.2, 0.25) is 0 Å². The number of benzene rings is 1. The first-order valence-corrected chi connectivity index (χ1v) is 11.8. The molecule has 0 radical (unpaired) electrons. The van der Waals surface area contributed by atoms with Crippen molar-refractivity contribution in [2.45, 2.75) is 24.3 Å². The lowest BCUT2D eigenvalue weighted by molar-refractivity contribution is -0.141. The normalized spacial score (nSPS) is 19.1. The monoisotopic (exact) mass is 478 g/mol. The molecule has 9 nitrogen and oxygen atoms in total. The second-order valence-corrected chi connectivity index (χ2v) is 9.29. The highest BCUT2D eigenvalue weighted by Gasteiger charge is 2.49. The van der Waals surface area contributed by atoms with Crippen molar-refractivity contribution < 1.29 is 24.2 Å². The molecule has 9 heteroatoms. The van der Waals surface area contributed by atoms with E-state index >= 15 is 0 Å². The third-order valence-corrected chi connectivity index (χ3v) is 7.42. The first-order chi connectivity index (χ1) is 17.0. The van der Waals surface area contributed by atoms with E-state index in [1.165, 1.54) is 7.11 Å². The van der Waals surface area contributed by atoms with Crippen molar-refractivity contribution in [1.29, 1.82) is 0 Å². The Balaban J connectivity index is 1.55. The van der Waals surface area contributed by atoms with Gasteiger partial charge in [0, 0.05) is 67.2 Å². The van der Waals surface area contributed by atoms with Gasteiger partial charge < -0.3 is 29.4 Å². The number of rotatable bonds is 5. The number of aromatic nitrogens is 2. The highest BCUT2D eigenvalue weighted by atomic mass is 16.5. The number of H-pyrrole nitrogens is 1. The second-order valence-electron chi connectivity index (χ2n) is 9.29. The topological polar surface area (TPSA) is 108 Å². The Bertz CT molecular complexity index is 1230. The number of carbonyl (C=O) groups is 2. The molecule has 2 aromatic heterocycles. The number of amides is 2. The number of hydrogen-bond acceptors (Lipinski definition) is 6. The lowest BCUT2D eigenvalue weighted by Crippen LogP contribution is -2.56. The van der Waals surface area contributed by atoms with Crippen LogP contribution in [-0.2, 0) is 14.9 Å². The third-order valence-electron chi connectivity index (χ3n) is 7.42. The number of nitrogens with one attached hydrogen (secondary N) is 1. The molecular formula is C26H30N4O5. The SMILES string of the molecule is COCC(=O)N1CC2(CCN(C(=O)c3cccnc3)CC2)c2c([nH]c3cc(OC)ccc23)[C@@H]1CO. The molecule has 5 rings (SSSR count). The van der Waals surface area contributed by atoms with E-state index in [9.17, 15) is 14.7 Å². The molecule has 2 N–H and O–H groups in total. The molecule has 1 saturated heterocycles. The first kappa shape index (κ1) is 23.3. The molecule has 2 amide bonds. The molecule has 0 aliphatic carbocycles. The molecule has 1 spiro atoms. The first-order valence-electron chi connectivity index (χ1n) is 11.8. The van der Waals surface area contributed by atoms with Gasteiger partial charge in [-0.05, 0) is 42.7 Å². The second kappa shape index (κ2) is 9.31. The molecule has 1 fully saturated rings. The molecule has 0 bridgehead atoms. The summed E-state index contributed by atoms with van der Waals surface area (Å²) in [6.07, 6.45) is 4.63. The van der Waals surface area contributed by atoms with Crippen molar-refractivity contribution >= 4 is 22.7 Å². The predicted octanol–water partition coefficient (Wildman–Crippen LogP) is 2.27. The van der Waals surface area contributed by atoms with Gasteiger partial charge in [-0.3, -0.25) is 14.6 Å². The summed E-state index contributed by atoms with van der Waals surface area (Å²) in [6, 6.07) is 8.97. The Kier molecular flexibility index (Phi) is 6.21. The van der Waals surface area contributed by atoms with Crippen LogP contribution in [0.3, 0.4) is 0 Å². The number of carbonyl (C=O) groups excluding carboxylic acids is 2. The summed E-state index contributed by atoms with van der Waals surface area (Å²) in [6.45, 7) is 1.33. The van der Waals surface area contributed by atoms with Crippen LogP contribution < -0.4 is 4.74 Å². The van der Waals surface area contributed by atoms with Crippen molar-refractivity contribution in [2.24, 2.45) is 0 Å². The minimum Gasteiger partial charge on any atom is -0.497 e. The van der Waals surface area contributed by atoms with E-state index in [-0.39, 0.29) is 30.4 Å². The number of aliphatic hydroxyl groups is 1. The number of pyridine rings is 1. The Morgan fingerprint density at radius 3 is 2.69 bits per heavy atom.